The summed E-state index contributed by atoms with van der Waals surface area (Å²) in [6, 6.07) is 11.0. The molecule has 152 valence electrons. The molecule has 2 heterocycles. The average molecular weight is 395 g/mol. The fraction of sp³-hybridized carbons (Fsp3) is 0.364. The van der Waals surface area contributed by atoms with E-state index in [-0.39, 0.29) is 0 Å². The molecule has 1 N–H and O–H groups in total. The molecule has 0 aliphatic carbocycles. The van der Waals surface area contributed by atoms with E-state index in [1.54, 1.807) is 38.6 Å². The highest BCUT2D eigenvalue weighted by Gasteiger charge is 2.14. The summed E-state index contributed by atoms with van der Waals surface area (Å²) in [7, 11) is 3.21. The first-order valence-electron chi connectivity index (χ1n) is 9.75. The van der Waals surface area contributed by atoms with Gasteiger partial charge in [0, 0.05) is 24.3 Å². The Balaban J connectivity index is 1.50. The zero-order valence-corrected chi connectivity index (χ0v) is 16.7. The van der Waals surface area contributed by atoms with Crippen LogP contribution in [0.15, 0.2) is 42.6 Å². The first-order chi connectivity index (χ1) is 14.2. The number of nitrogens with zero attached hydrogens (tertiary/aromatic N) is 2. The first kappa shape index (κ1) is 19.3. The molecule has 1 aliphatic rings. The Labute approximate surface area is 170 Å². The van der Waals surface area contributed by atoms with Crippen LogP contribution in [0.4, 0.5) is 0 Å². The Morgan fingerprint density at radius 3 is 2.34 bits per heavy atom. The standard InChI is InChI=1S/C22H25N3O4/c1-26-17-9-18(27-2)11-19(10-17)29-16-3-4-20-21(12-16)25-22(13-24-20)28-14-15-5-7-23-8-6-15/h3-4,9-13,15,23H,5-8,14H2,1-2H3. The predicted molar refractivity (Wildman–Crippen MR) is 110 cm³/mol. The Morgan fingerprint density at radius 1 is 0.897 bits per heavy atom. The van der Waals surface area contributed by atoms with E-state index < -0.39 is 0 Å². The van der Waals surface area contributed by atoms with Gasteiger partial charge in [-0.05, 0) is 44.0 Å². The lowest BCUT2D eigenvalue weighted by Gasteiger charge is -2.22. The molecule has 0 amide bonds. The van der Waals surface area contributed by atoms with E-state index in [0.29, 0.717) is 41.4 Å². The van der Waals surface area contributed by atoms with Crippen molar-refractivity contribution in [3.05, 3.63) is 42.6 Å². The minimum Gasteiger partial charge on any atom is -0.496 e. The third kappa shape index (κ3) is 4.86. The number of ether oxygens (including phenoxy) is 4. The zero-order chi connectivity index (χ0) is 20.1. The molecule has 7 heteroatoms. The molecule has 3 aromatic rings. The van der Waals surface area contributed by atoms with Gasteiger partial charge in [-0.25, -0.2) is 9.97 Å². The van der Waals surface area contributed by atoms with Crippen LogP contribution in [0, 0.1) is 5.92 Å². The summed E-state index contributed by atoms with van der Waals surface area (Å²) in [5.74, 6) is 3.69. The van der Waals surface area contributed by atoms with Crippen molar-refractivity contribution in [3.8, 4) is 28.9 Å². The highest BCUT2D eigenvalue weighted by Crippen LogP contribution is 2.31. The predicted octanol–water partition coefficient (Wildman–Crippen LogP) is 3.82. The molecular weight excluding hydrogens is 370 g/mol. The second-order valence-electron chi connectivity index (χ2n) is 7.01. The van der Waals surface area contributed by atoms with Crippen molar-refractivity contribution in [2.24, 2.45) is 5.92 Å². The normalized spacial score (nSPS) is 14.6. The van der Waals surface area contributed by atoms with Crippen LogP contribution in [0.2, 0.25) is 0 Å². The van der Waals surface area contributed by atoms with Crippen molar-refractivity contribution >= 4 is 11.0 Å². The lowest BCUT2D eigenvalue weighted by Crippen LogP contribution is -2.30. The summed E-state index contributed by atoms with van der Waals surface area (Å²) in [6.07, 6.45) is 3.93. The van der Waals surface area contributed by atoms with Crippen molar-refractivity contribution in [1.82, 2.24) is 15.3 Å². The fourth-order valence-electron chi connectivity index (χ4n) is 3.34. The van der Waals surface area contributed by atoms with Gasteiger partial charge in [0.15, 0.2) is 0 Å². The highest BCUT2D eigenvalue weighted by molar-refractivity contribution is 5.76. The number of nitrogens with one attached hydrogen (secondary N) is 1. The van der Waals surface area contributed by atoms with Crippen LogP contribution in [0.25, 0.3) is 11.0 Å². The van der Waals surface area contributed by atoms with Gasteiger partial charge in [0.05, 0.1) is 38.1 Å². The van der Waals surface area contributed by atoms with Gasteiger partial charge in [-0.15, -0.1) is 0 Å². The summed E-state index contributed by atoms with van der Waals surface area (Å²) in [5.41, 5.74) is 1.51. The summed E-state index contributed by atoms with van der Waals surface area (Å²) >= 11 is 0. The average Bonchev–Trinajstić information content (AvgIpc) is 2.77. The molecule has 0 bridgehead atoms. The van der Waals surface area contributed by atoms with E-state index in [0.717, 1.165) is 37.0 Å². The number of hydrogen-bond donors (Lipinski definition) is 1. The number of aromatic nitrogens is 2. The van der Waals surface area contributed by atoms with Crippen molar-refractivity contribution in [1.29, 1.82) is 0 Å². The smallest absolute Gasteiger partial charge is 0.232 e. The monoisotopic (exact) mass is 395 g/mol. The summed E-state index contributed by atoms with van der Waals surface area (Å²) in [4.78, 5) is 9.05. The minimum atomic E-state index is 0.538. The molecule has 0 unspecified atom stereocenters. The van der Waals surface area contributed by atoms with Gasteiger partial charge in [-0.2, -0.15) is 0 Å². The lowest BCUT2D eigenvalue weighted by atomic mass is 9.99. The molecule has 7 nitrogen and oxygen atoms in total. The quantitative estimate of drug-likeness (QED) is 0.652. The van der Waals surface area contributed by atoms with Crippen LogP contribution >= 0.6 is 0 Å². The SMILES string of the molecule is COc1cc(OC)cc(Oc2ccc3ncc(OCC4CCNCC4)nc3c2)c1. The van der Waals surface area contributed by atoms with Crippen molar-refractivity contribution in [2.45, 2.75) is 12.8 Å². The minimum absolute atomic E-state index is 0.538. The van der Waals surface area contributed by atoms with Gasteiger partial charge >= 0.3 is 0 Å². The Morgan fingerprint density at radius 2 is 1.62 bits per heavy atom. The molecule has 1 aromatic heterocycles. The van der Waals surface area contributed by atoms with E-state index in [9.17, 15) is 0 Å². The Kier molecular flexibility index (Phi) is 5.95. The fourth-order valence-corrected chi connectivity index (χ4v) is 3.34. The van der Waals surface area contributed by atoms with E-state index in [2.05, 4.69) is 15.3 Å². The number of benzene rings is 2. The molecule has 1 aliphatic heterocycles. The van der Waals surface area contributed by atoms with Crippen molar-refractivity contribution in [3.63, 3.8) is 0 Å². The molecule has 2 aromatic carbocycles. The van der Waals surface area contributed by atoms with Gasteiger partial charge in [0.2, 0.25) is 5.88 Å². The third-order valence-electron chi connectivity index (χ3n) is 4.98. The maximum Gasteiger partial charge on any atom is 0.232 e. The Bertz CT molecular complexity index is 951. The zero-order valence-electron chi connectivity index (χ0n) is 16.7. The third-order valence-corrected chi connectivity index (χ3v) is 4.98. The van der Waals surface area contributed by atoms with Crippen LogP contribution in [0.3, 0.4) is 0 Å². The maximum atomic E-state index is 5.99. The van der Waals surface area contributed by atoms with E-state index in [1.807, 2.05) is 18.2 Å². The first-order valence-corrected chi connectivity index (χ1v) is 9.75. The van der Waals surface area contributed by atoms with Crippen LogP contribution in [0.5, 0.6) is 28.9 Å². The Hall–Kier alpha value is -3.06. The summed E-state index contributed by atoms with van der Waals surface area (Å²) in [5, 5.41) is 3.36. The van der Waals surface area contributed by atoms with Gasteiger partial charge in [0.25, 0.3) is 0 Å². The largest absolute Gasteiger partial charge is 0.496 e. The number of methoxy groups -OCH3 is 2. The van der Waals surface area contributed by atoms with Crippen molar-refractivity contribution in [2.75, 3.05) is 33.9 Å². The van der Waals surface area contributed by atoms with Crippen LogP contribution in [-0.2, 0) is 0 Å². The van der Waals surface area contributed by atoms with Crippen LogP contribution in [-0.4, -0.2) is 43.9 Å². The second kappa shape index (κ2) is 8.96. The van der Waals surface area contributed by atoms with Crippen LogP contribution in [0.1, 0.15) is 12.8 Å². The summed E-state index contributed by atoms with van der Waals surface area (Å²) < 4.78 is 22.5. The van der Waals surface area contributed by atoms with Gasteiger partial charge in [-0.1, -0.05) is 0 Å². The molecule has 1 fully saturated rings. The lowest BCUT2D eigenvalue weighted by molar-refractivity contribution is 0.209. The van der Waals surface area contributed by atoms with E-state index in [4.69, 9.17) is 18.9 Å². The maximum absolute atomic E-state index is 5.99. The van der Waals surface area contributed by atoms with Crippen LogP contribution < -0.4 is 24.3 Å². The highest BCUT2D eigenvalue weighted by atomic mass is 16.5. The molecule has 0 spiro atoms. The number of fused-ring (bicyclic) bond motifs is 1. The molecule has 1 saturated heterocycles. The van der Waals surface area contributed by atoms with Gasteiger partial charge in [0.1, 0.15) is 23.0 Å². The second-order valence-corrected chi connectivity index (χ2v) is 7.01. The topological polar surface area (TPSA) is 74.7 Å². The van der Waals surface area contributed by atoms with Gasteiger partial charge in [-0.3, -0.25) is 0 Å². The molecule has 0 atom stereocenters. The van der Waals surface area contributed by atoms with E-state index >= 15 is 0 Å². The number of rotatable bonds is 7. The van der Waals surface area contributed by atoms with Crippen molar-refractivity contribution < 1.29 is 18.9 Å². The number of hydrogen-bond acceptors (Lipinski definition) is 7. The molecule has 0 radical (unpaired) electrons. The molecule has 0 saturated carbocycles. The van der Waals surface area contributed by atoms with E-state index in [1.165, 1.54) is 0 Å². The van der Waals surface area contributed by atoms with Gasteiger partial charge < -0.3 is 24.3 Å². The summed E-state index contributed by atoms with van der Waals surface area (Å²) in [6.45, 7) is 2.77. The molecular formula is C22H25N3O4. The molecule has 29 heavy (non-hydrogen) atoms. The molecule has 4 rings (SSSR count). The number of piperidine rings is 1.